The molecule has 1 aromatic heterocycles. The van der Waals surface area contributed by atoms with Crippen LogP contribution in [0.2, 0.25) is 0 Å². The summed E-state index contributed by atoms with van der Waals surface area (Å²) in [6.45, 7) is 3.48. The summed E-state index contributed by atoms with van der Waals surface area (Å²) in [4.78, 5) is 0. The van der Waals surface area contributed by atoms with Crippen molar-refractivity contribution in [3.63, 3.8) is 0 Å². The van der Waals surface area contributed by atoms with Gasteiger partial charge in [0.15, 0.2) is 18.9 Å². The maximum Gasteiger partial charge on any atom is 0.168 e. The van der Waals surface area contributed by atoms with Crippen LogP contribution in [0, 0.1) is 0 Å². The molecule has 0 amide bonds. The zero-order valence-corrected chi connectivity index (χ0v) is 22.6. The van der Waals surface area contributed by atoms with E-state index >= 15 is 0 Å². The molecule has 174 valence electrons. The van der Waals surface area contributed by atoms with E-state index in [0.717, 1.165) is 9.83 Å². The van der Waals surface area contributed by atoms with Crippen molar-refractivity contribution in [2.45, 2.75) is 126 Å². The van der Waals surface area contributed by atoms with Gasteiger partial charge in [0.25, 0.3) is 0 Å². The fraction of sp³-hybridized carbons (Fsp3) is 0.808. The molecule has 1 aliphatic rings. The average molecular weight is 517 g/mol. The van der Waals surface area contributed by atoms with Crippen LogP contribution >= 0.6 is 23.5 Å². The number of hydrogen-bond donors (Lipinski definition) is 0. The summed E-state index contributed by atoms with van der Waals surface area (Å²) in [7, 11) is 0. The monoisotopic (exact) mass is 515 g/mol. The Hall–Kier alpha value is 0.330. The molecule has 2 heterocycles. The van der Waals surface area contributed by atoms with Crippen molar-refractivity contribution >= 4 is 23.5 Å². The SMILES string of the molecule is CCCCCCCCCCCCCCCCCC1SCC(C[n+]2ccccc2)S1.[Br-]. The highest BCUT2D eigenvalue weighted by Crippen LogP contribution is 2.40. The largest absolute Gasteiger partial charge is 1.00 e. The first-order chi connectivity index (χ1) is 14.4. The van der Waals surface area contributed by atoms with Gasteiger partial charge in [-0.2, -0.15) is 0 Å². The summed E-state index contributed by atoms with van der Waals surface area (Å²) in [6, 6.07) is 6.38. The Bertz CT molecular complexity index is 485. The van der Waals surface area contributed by atoms with Gasteiger partial charge in [0.05, 0.1) is 9.83 Å². The minimum Gasteiger partial charge on any atom is -1.00 e. The van der Waals surface area contributed by atoms with Crippen LogP contribution < -0.4 is 21.5 Å². The quantitative estimate of drug-likeness (QED) is 0.190. The fourth-order valence-electron chi connectivity index (χ4n) is 4.23. The second-order valence-corrected chi connectivity index (χ2v) is 11.9. The molecule has 0 spiro atoms. The van der Waals surface area contributed by atoms with Gasteiger partial charge in [0.2, 0.25) is 0 Å². The number of pyridine rings is 1. The molecule has 30 heavy (non-hydrogen) atoms. The van der Waals surface area contributed by atoms with Crippen LogP contribution in [-0.4, -0.2) is 15.6 Å². The van der Waals surface area contributed by atoms with Crippen LogP contribution in [0.1, 0.15) is 110 Å². The van der Waals surface area contributed by atoms with E-state index in [9.17, 15) is 0 Å². The van der Waals surface area contributed by atoms with Crippen LogP contribution in [0.5, 0.6) is 0 Å². The van der Waals surface area contributed by atoms with Crippen LogP contribution in [0.25, 0.3) is 0 Å². The van der Waals surface area contributed by atoms with Crippen molar-refractivity contribution in [3.05, 3.63) is 30.6 Å². The van der Waals surface area contributed by atoms with Crippen LogP contribution in [0.3, 0.4) is 0 Å². The summed E-state index contributed by atoms with van der Waals surface area (Å²) in [6.07, 6.45) is 27.7. The van der Waals surface area contributed by atoms with E-state index in [1.54, 1.807) is 0 Å². The molecule has 1 aliphatic heterocycles. The van der Waals surface area contributed by atoms with Gasteiger partial charge in [-0.25, -0.2) is 4.57 Å². The Balaban J connectivity index is 0.00000450. The van der Waals surface area contributed by atoms with Crippen molar-refractivity contribution in [1.82, 2.24) is 0 Å². The molecule has 0 N–H and O–H groups in total. The first-order valence-corrected chi connectivity index (χ1v) is 14.6. The van der Waals surface area contributed by atoms with Gasteiger partial charge in [-0.1, -0.05) is 109 Å². The molecule has 1 nitrogen and oxygen atoms in total. The fourth-order valence-corrected chi connectivity index (χ4v) is 7.66. The number of rotatable bonds is 18. The lowest BCUT2D eigenvalue weighted by molar-refractivity contribution is -0.695. The second-order valence-electron chi connectivity index (χ2n) is 8.83. The standard InChI is InChI=1S/C26H46NS2.BrH/c1-2-3-4-5-6-7-8-9-10-11-12-13-14-15-17-20-26-28-24-25(29-26)23-27-21-18-16-19-22-27;/h16,18-19,21-22,25-26H,2-15,17,20,23-24H2,1H3;1H/q+1;/p-1. The van der Waals surface area contributed by atoms with E-state index in [-0.39, 0.29) is 17.0 Å². The van der Waals surface area contributed by atoms with Gasteiger partial charge in [-0.05, 0) is 6.42 Å². The number of thioether (sulfide) groups is 2. The molecule has 2 rings (SSSR count). The van der Waals surface area contributed by atoms with Gasteiger partial charge in [0, 0.05) is 17.9 Å². The molecule has 4 heteroatoms. The van der Waals surface area contributed by atoms with Gasteiger partial charge in [-0.3, -0.25) is 0 Å². The maximum atomic E-state index is 2.34. The van der Waals surface area contributed by atoms with Gasteiger partial charge < -0.3 is 17.0 Å². The summed E-state index contributed by atoms with van der Waals surface area (Å²) < 4.78 is 3.19. The molecule has 1 saturated heterocycles. The Morgan fingerprint density at radius 1 is 0.700 bits per heavy atom. The van der Waals surface area contributed by atoms with E-state index in [1.807, 2.05) is 0 Å². The van der Waals surface area contributed by atoms with Gasteiger partial charge in [-0.15, -0.1) is 23.5 Å². The zero-order valence-electron chi connectivity index (χ0n) is 19.4. The molecule has 0 aromatic carbocycles. The van der Waals surface area contributed by atoms with E-state index in [4.69, 9.17) is 0 Å². The lowest BCUT2D eigenvalue weighted by Crippen LogP contribution is -3.00. The highest BCUT2D eigenvalue weighted by Gasteiger charge is 2.28. The molecule has 2 atom stereocenters. The number of unbranched alkanes of at least 4 members (excludes halogenated alkanes) is 14. The Kier molecular flexibility index (Phi) is 18.9. The molecule has 1 aromatic rings. The third-order valence-corrected chi connectivity index (χ3v) is 9.44. The Morgan fingerprint density at radius 3 is 1.73 bits per heavy atom. The first kappa shape index (κ1) is 28.4. The predicted molar refractivity (Wildman–Crippen MR) is 134 cm³/mol. The van der Waals surface area contributed by atoms with Crippen molar-refractivity contribution in [2.75, 3.05) is 5.75 Å². The third kappa shape index (κ3) is 14.4. The number of nitrogens with zero attached hydrogens (tertiary/aromatic N) is 1. The van der Waals surface area contributed by atoms with Crippen LogP contribution in [-0.2, 0) is 6.54 Å². The molecule has 0 bridgehead atoms. The molecule has 2 unspecified atom stereocenters. The number of halogens is 1. The van der Waals surface area contributed by atoms with Crippen LogP contribution in [0.15, 0.2) is 30.6 Å². The van der Waals surface area contributed by atoms with Gasteiger partial charge in [0.1, 0.15) is 0 Å². The van der Waals surface area contributed by atoms with Crippen LogP contribution in [0.4, 0.5) is 0 Å². The number of aromatic nitrogens is 1. The average Bonchev–Trinajstić information content (AvgIpc) is 3.19. The summed E-state index contributed by atoms with van der Waals surface area (Å²) in [5.74, 6) is 1.33. The molecular formula is C26H46BrNS2. The van der Waals surface area contributed by atoms with Crippen molar-refractivity contribution in [3.8, 4) is 0 Å². The zero-order chi connectivity index (χ0) is 20.4. The summed E-state index contributed by atoms with van der Waals surface area (Å²) in [5, 5.41) is 0.800. The first-order valence-electron chi connectivity index (χ1n) is 12.6. The Labute approximate surface area is 206 Å². The predicted octanol–water partition coefficient (Wildman–Crippen LogP) is 5.41. The highest BCUT2D eigenvalue weighted by molar-refractivity contribution is 8.20. The summed E-state index contributed by atoms with van der Waals surface area (Å²) in [5.41, 5.74) is 0. The number of hydrogen-bond acceptors (Lipinski definition) is 2. The molecule has 0 aliphatic carbocycles. The second kappa shape index (κ2) is 20.0. The van der Waals surface area contributed by atoms with E-state index in [0.29, 0.717) is 0 Å². The lowest BCUT2D eigenvalue weighted by Gasteiger charge is -2.09. The molecular weight excluding hydrogens is 470 g/mol. The smallest absolute Gasteiger partial charge is 0.168 e. The normalized spacial score (nSPS) is 18.4. The molecule has 0 radical (unpaired) electrons. The maximum absolute atomic E-state index is 2.34. The summed E-state index contributed by atoms with van der Waals surface area (Å²) >= 11 is 4.44. The van der Waals surface area contributed by atoms with Gasteiger partial charge >= 0.3 is 0 Å². The van der Waals surface area contributed by atoms with E-state index < -0.39 is 0 Å². The van der Waals surface area contributed by atoms with Crippen molar-refractivity contribution in [2.24, 2.45) is 0 Å². The third-order valence-electron chi connectivity index (χ3n) is 6.05. The lowest BCUT2D eigenvalue weighted by atomic mass is 10.0. The highest BCUT2D eigenvalue weighted by atomic mass is 79.9. The minimum atomic E-state index is 0. The van der Waals surface area contributed by atoms with E-state index in [1.165, 1.54) is 115 Å². The molecule has 0 saturated carbocycles. The molecule has 1 fully saturated rings. The van der Waals surface area contributed by atoms with Crippen molar-refractivity contribution < 1.29 is 21.5 Å². The minimum absolute atomic E-state index is 0. The van der Waals surface area contributed by atoms with E-state index in [2.05, 4.69) is 65.6 Å². The Morgan fingerprint density at radius 2 is 1.20 bits per heavy atom. The van der Waals surface area contributed by atoms with Crippen molar-refractivity contribution in [1.29, 1.82) is 0 Å². The topological polar surface area (TPSA) is 3.88 Å².